The number of hydrogen-bond donors (Lipinski definition) is 0. The largest absolute Gasteiger partial charge is 0.460 e. The molecule has 0 aliphatic carbocycles. The van der Waals surface area contributed by atoms with Crippen molar-refractivity contribution in [3.8, 4) is 0 Å². The van der Waals surface area contributed by atoms with Gasteiger partial charge >= 0.3 is 5.97 Å². The minimum atomic E-state index is -0.232. The number of aromatic nitrogens is 2. The highest BCUT2D eigenvalue weighted by molar-refractivity contribution is 5.76. The predicted molar refractivity (Wildman–Crippen MR) is 97.1 cm³/mol. The Morgan fingerprint density at radius 2 is 2.15 bits per heavy atom. The third-order valence-electron chi connectivity index (χ3n) is 4.65. The first-order valence-electron chi connectivity index (χ1n) is 9.38. The second kappa shape index (κ2) is 8.94. The number of nitrogens with zero attached hydrogens (tertiary/aromatic N) is 3. The van der Waals surface area contributed by atoms with E-state index in [1.54, 1.807) is 0 Å². The van der Waals surface area contributed by atoms with Gasteiger partial charge in [0.15, 0.2) is 5.82 Å². The number of ether oxygens (including phenoxy) is 1. The van der Waals surface area contributed by atoms with E-state index in [0.29, 0.717) is 25.0 Å². The van der Waals surface area contributed by atoms with Crippen LogP contribution < -0.4 is 0 Å². The summed E-state index contributed by atoms with van der Waals surface area (Å²) in [6.45, 7) is 6.01. The highest BCUT2D eigenvalue weighted by atomic mass is 16.5. The van der Waals surface area contributed by atoms with Gasteiger partial charge in [-0.05, 0) is 37.3 Å². The molecule has 1 aromatic carbocycles. The summed E-state index contributed by atoms with van der Waals surface area (Å²) in [5.41, 5.74) is 0.997. The van der Waals surface area contributed by atoms with Crippen molar-refractivity contribution in [2.75, 3.05) is 6.54 Å². The molecule has 0 N–H and O–H groups in total. The van der Waals surface area contributed by atoms with Gasteiger partial charge in [-0.3, -0.25) is 9.69 Å². The topological polar surface area (TPSA) is 68.5 Å². The standard InChI is InChI=1S/C20H27N3O3/c1-15(2)10-11-18-21-19(26-22-18)13-23-12-6-9-17(23)20(24)25-14-16-7-4-3-5-8-16/h3-5,7-8,15,17H,6,9-14H2,1-2H3. The van der Waals surface area contributed by atoms with Crippen molar-refractivity contribution in [1.29, 1.82) is 0 Å². The van der Waals surface area contributed by atoms with Crippen molar-refractivity contribution in [1.82, 2.24) is 15.0 Å². The zero-order chi connectivity index (χ0) is 18.4. The molecule has 26 heavy (non-hydrogen) atoms. The molecule has 1 unspecified atom stereocenters. The lowest BCUT2D eigenvalue weighted by atomic mass is 10.1. The lowest BCUT2D eigenvalue weighted by molar-refractivity contribution is -0.150. The summed E-state index contributed by atoms with van der Waals surface area (Å²) in [5.74, 6) is 1.76. The Labute approximate surface area is 154 Å². The second-order valence-corrected chi connectivity index (χ2v) is 7.26. The molecule has 2 heterocycles. The summed E-state index contributed by atoms with van der Waals surface area (Å²) >= 11 is 0. The van der Waals surface area contributed by atoms with Crippen molar-refractivity contribution in [2.45, 2.75) is 58.7 Å². The highest BCUT2D eigenvalue weighted by Gasteiger charge is 2.33. The van der Waals surface area contributed by atoms with Gasteiger partial charge in [-0.15, -0.1) is 0 Å². The monoisotopic (exact) mass is 357 g/mol. The zero-order valence-electron chi connectivity index (χ0n) is 15.6. The molecule has 140 valence electrons. The summed E-state index contributed by atoms with van der Waals surface area (Å²) in [4.78, 5) is 19.0. The molecule has 1 saturated heterocycles. The Hall–Kier alpha value is -2.21. The highest BCUT2D eigenvalue weighted by Crippen LogP contribution is 2.21. The summed E-state index contributed by atoms with van der Waals surface area (Å²) in [6.07, 6.45) is 3.64. The summed E-state index contributed by atoms with van der Waals surface area (Å²) in [6, 6.07) is 9.51. The summed E-state index contributed by atoms with van der Waals surface area (Å²) in [5, 5.41) is 4.05. The second-order valence-electron chi connectivity index (χ2n) is 7.26. The Kier molecular flexibility index (Phi) is 6.39. The fourth-order valence-corrected chi connectivity index (χ4v) is 3.15. The Balaban J connectivity index is 1.52. The molecule has 2 aromatic rings. The minimum Gasteiger partial charge on any atom is -0.460 e. The van der Waals surface area contributed by atoms with Crippen molar-refractivity contribution < 1.29 is 14.1 Å². The molecule has 0 amide bonds. The summed E-state index contributed by atoms with van der Waals surface area (Å²) in [7, 11) is 0. The average Bonchev–Trinajstić information content (AvgIpc) is 3.28. The molecule has 0 saturated carbocycles. The van der Waals surface area contributed by atoms with Crippen LogP contribution in [-0.4, -0.2) is 33.6 Å². The van der Waals surface area contributed by atoms with Gasteiger partial charge in [-0.1, -0.05) is 49.3 Å². The molecule has 1 aromatic heterocycles. The Morgan fingerprint density at radius 3 is 2.92 bits per heavy atom. The molecule has 1 fully saturated rings. The number of esters is 1. The average molecular weight is 357 g/mol. The molecule has 1 aliphatic rings. The number of carbonyl (C=O) groups excluding carboxylic acids is 1. The third kappa shape index (κ3) is 5.14. The number of hydrogen-bond acceptors (Lipinski definition) is 6. The van der Waals surface area contributed by atoms with Crippen LogP contribution in [-0.2, 0) is 29.1 Å². The third-order valence-corrected chi connectivity index (χ3v) is 4.65. The SMILES string of the molecule is CC(C)CCc1noc(CN2CCCC2C(=O)OCc2ccccc2)n1. The fraction of sp³-hybridized carbons (Fsp3) is 0.550. The van der Waals surface area contributed by atoms with Gasteiger partial charge in [-0.25, -0.2) is 0 Å². The Bertz CT molecular complexity index is 699. The van der Waals surface area contributed by atoms with Crippen LogP contribution in [0.1, 0.15) is 50.4 Å². The first-order chi connectivity index (χ1) is 12.6. The van der Waals surface area contributed by atoms with E-state index < -0.39 is 0 Å². The van der Waals surface area contributed by atoms with Crippen LogP contribution in [0.25, 0.3) is 0 Å². The smallest absolute Gasteiger partial charge is 0.323 e. The lowest BCUT2D eigenvalue weighted by Gasteiger charge is -2.21. The van der Waals surface area contributed by atoms with Crippen LogP contribution in [0.5, 0.6) is 0 Å². The fourth-order valence-electron chi connectivity index (χ4n) is 3.15. The number of aryl methyl sites for hydroxylation is 1. The maximum atomic E-state index is 12.5. The van der Waals surface area contributed by atoms with Gasteiger partial charge < -0.3 is 9.26 Å². The normalized spacial score (nSPS) is 17.7. The van der Waals surface area contributed by atoms with E-state index in [1.807, 2.05) is 30.3 Å². The van der Waals surface area contributed by atoms with Crippen molar-refractivity contribution in [3.63, 3.8) is 0 Å². The van der Waals surface area contributed by atoms with E-state index in [0.717, 1.165) is 43.6 Å². The zero-order valence-corrected chi connectivity index (χ0v) is 15.6. The first kappa shape index (κ1) is 18.6. The number of rotatable bonds is 8. The van der Waals surface area contributed by atoms with E-state index in [-0.39, 0.29) is 12.0 Å². The lowest BCUT2D eigenvalue weighted by Crippen LogP contribution is -2.36. The molecule has 6 nitrogen and oxygen atoms in total. The molecule has 0 bridgehead atoms. The number of carbonyl (C=O) groups is 1. The quantitative estimate of drug-likeness (QED) is 0.675. The van der Waals surface area contributed by atoms with E-state index >= 15 is 0 Å². The maximum absolute atomic E-state index is 12.5. The Morgan fingerprint density at radius 1 is 1.35 bits per heavy atom. The van der Waals surface area contributed by atoms with E-state index in [4.69, 9.17) is 9.26 Å². The molecular weight excluding hydrogens is 330 g/mol. The van der Waals surface area contributed by atoms with Gasteiger partial charge in [0.05, 0.1) is 6.54 Å². The van der Waals surface area contributed by atoms with Gasteiger partial charge in [0.1, 0.15) is 12.6 Å². The summed E-state index contributed by atoms with van der Waals surface area (Å²) < 4.78 is 10.9. The van der Waals surface area contributed by atoms with E-state index in [9.17, 15) is 4.79 Å². The maximum Gasteiger partial charge on any atom is 0.323 e. The van der Waals surface area contributed by atoms with Crippen molar-refractivity contribution >= 4 is 5.97 Å². The van der Waals surface area contributed by atoms with E-state index in [2.05, 4.69) is 28.9 Å². The van der Waals surface area contributed by atoms with Crippen LogP contribution in [0.3, 0.4) is 0 Å². The molecule has 0 radical (unpaired) electrons. The van der Waals surface area contributed by atoms with Crippen LogP contribution in [0.2, 0.25) is 0 Å². The molecule has 0 spiro atoms. The van der Waals surface area contributed by atoms with Crippen molar-refractivity contribution in [3.05, 3.63) is 47.6 Å². The van der Waals surface area contributed by atoms with Gasteiger partial charge in [0.2, 0.25) is 5.89 Å². The van der Waals surface area contributed by atoms with Crippen LogP contribution >= 0.6 is 0 Å². The number of likely N-dealkylation sites (tertiary alicyclic amines) is 1. The number of benzene rings is 1. The van der Waals surface area contributed by atoms with Gasteiger partial charge in [0, 0.05) is 6.42 Å². The van der Waals surface area contributed by atoms with Crippen LogP contribution in [0.4, 0.5) is 0 Å². The van der Waals surface area contributed by atoms with Gasteiger partial charge in [-0.2, -0.15) is 4.98 Å². The predicted octanol–water partition coefficient (Wildman–Crippen LogP) is 3.37. The molecule has 3 rings (SSSR count). The van der Waals surface area contributed by atoms with Crippen molar-refractivity contribution in [2.24, 2.45) is 5.92 Å². The minimum absolute atomic E-state index is 0.175. The first-order valence-corrected chi connectivity index (χ1v) is 9.38. The van der Waals surface area contributed by atoms with Crippen LogP contribution in [0.15, 0.2) is 34.9 Å². The van der Waals surface area contributed by atoms with Gasteiger partial charge in [0.25, 0.3) is 0 Å². The van der Waals surface area contributed by atoms with Crippen LogP contribution in [0, 0.1) is 5.92 Å². The molecular formula is C20H27N3O3. The molecule has 1 aliphatic heterocycles. The molecule has 6 heteroatoms. The van der Waals surface area contributed by atoms with E-state index in [1.165, 1.54) is 0 Å². The molecule has 1 atom stereocenters.